The number of aliphatic hydroxyl groups excluding tert-OH is 14. The van der Waals surface area contributed by atoms with Crippen LogP contribution in [-0.2, 0) is 18.9 Å². The molecule has 18 nitrogen and oxygen atoms in total. The van der Waals surface area contributed by atoms with E-state index in [1.165, 1.54) is 6.92 Å². The predicted molar refractivity (Wildman–Crippen MR) is 122 cm³/mol. The van der Waals surface area contributed by atoms with Gasteiger partial charge in [0, 0.05) is 0 Å². The highest BCUT2D eigenvalue weighted by molar-refractivity contribution is 4.91. The van der Waals surface area contributed by atoms with Gasteiger partial charge in [0.15, 0.2) is 12.6 Å². The van der Waals surface area contributed by atoms with Gasteiger partial charge >= 0.3 is 0 Å². The second kappa shape index (κ2) is 17.3. The summed E-state index contributed by atoms with van der Waals surface area (Å²) in [7, 11) is 0. The van der Waals surface area contributed by atoms with Crippen LogP contribution in [0.3, 0.4) is 0 Å². The normalized spacial score (nSPS) is 45.0. The molecular weight excluding hydrogens is 540 g/mol. The summed E-state index contributed by atoms with van der Waals surface area (Å²) in [6.45, 7) is -0.412. The van der Waals surface area contributed by atoms with Crippen molar-refractivity contribution in [2.75, 3.05) is 33.0 Å². The van der Waals surface area contributed by atoms with Crippen LogP contribution in [0.2, 0.25) is 0 Å². The fourth-order valence-corrected chi connectivity index (χ4v) is 3.59. The van der Waals surface area contributed by atoms with Gasteiger partial charge in [-0.2, -0.15) is 0 Å². The molecule has 0 spiro atoms. The summed E-state index contributed by atoms with van der Waals surface area (Å²) in [5.74, 6) is 0. The van der Waals surface area contributed by atoms with E-state index in [0.29, 0.717) is 0 Å². The minimum absolute atomic E-state index is 0.139. The molecule has 3 fully saturated rings. The molecule has 3 aliphatic heterocycles. The van der Waals surface area contributed by atoms with Crippen LogP contribution in [0, 0.1) is 0 Å². The third-order valence-electron chi connectivity index (χ3n) is 6.05. The molecule has 0 amide bonds. The fourth-order valence-electron chi connectivity index (χ4n) is 3.59. The molecule has 3 heterocycles. The standard InChI is InChI=1S/C12H22O11.C6H12O5.C3H8O2/c13-1-3-5(14)8(17)10(19)12(23-3)21-2-4-6(15)7(16)9(18)11(20)22-4;7-1-3-5(9)6(10)4(2-8)11-3;1-3(5)2-4/h3-20H,1-2H2;3-10H,1-2H2;3-5H,2H2,1H3/t3?,4-,5+,6?,7+,8+,9-,10-,11+,12?;3-,4?,5-,6-;/m11./s1. The second-order valence-corrected chi connectivity index (χ2v) is 9.16. The van der Waals surface area contributed by atoms with Gasteiger partial charge in [0.25, 0.3) is 0 Å². The highest BCUT2D eigenvalue weighted by atomic mass is 16.7. The van der Waals surface area contributed by atoms with Crippen molar-refractivity contribution in [3.05, 3.63) is 0 Å². The lowest BCUT2D eigenvalue weighted by Crippen LogP contribution is -2.61. The van der Waals surface area contributed by atoms with Crippen LogP contribution in [0.5, 0.6) is 0 Å². The molecule has 0 saturated carbocycles. The van der Waals surface area contributed by atoms with Crippen molar-refractivity contribution < 1.29 is 90.4 Å². The fraction of sp³-hybridized carbons (Fsp3) is 1.00. The number of hydrogen-bond donors (Lipinski definition) is 14. The second-order valence-electron chi connectivity index (χ2n) is 9.16. The molecule has 234 valence electrons. The van der Waals surface area contributed by atoms with Gasteiger partial charge in [-0.3, -0.25) is 0 Å². The van der Waals surface area contributed by atoms with E-state index >= 15 is 0 Å². The molecule has 5 unspecified atom stereocenters. The minimum Gasteiger partial charge on any atom is -0.394 e. The van der Waals surface area contributed by atoms with E-state index in [9.17, 15) is 35.7 Å². The van der Waals surface area contributed by atoms with Crippen molar-refractivity contribution in [1.82, 2.24) is 0 Å². The molecule has 0 aromatic heterocycles. The van der Waals surface area contributed by atoms with Crippen molar-refractivity contribution in [3.63, 3.8) is 0 Å². The highest BCUT2D eigenvalue weighted by Crippen LogP contribution is 2.25. The largest absolute Gasteiger partial charge is 0.394 e. The first-order chi connectivity index (χ1) is 18.2. The maximum atomic E-state index is 9.78. The maximum absolute atomic E-state index is 9.78. The van der Waals surface area contributed by atoms with E-state index in [1.54, 1.807) is 0 Å². The van der Waals surface area contributed by atoms with Crippen molar-refractivity contribution in [1.29, 1.82) is 0 Å². The summed E-state index contributed by atoms with van der Waals surface area (Å²) in [6.07, 6.45) is -19.6. The Balaban J connectivity index is 0.000000392. The first-order valence-corrected chi connectivity index (χ1v) is 12.1. The Morgan fingerprint density at radius 2 is 0.923 bits per heavy atom. The summed E-state index contributed by atoms with van der Waals surface area (Å²) in [5, 5.41) is 128. The lowest BCUT2D eigenvalue weighted by molar-refractivity contribution is -0.325. The first kappa shape index (κ1) is 36.3. The Morgan fingerprint density at radius 1 is 0.538 bits per heavy atom. The summed E-state index contributed by atoms with van der Waals surface area (Å²) < 4.78 is 20.0. The van der Waals surface area contributed by atoms with Gasteiger partial charge in [-0.05, 0) is 6.92 Å². The third kappa shape index (κ3) is 9.95. The van der Waals surface area contributed by atoms with E-state index in [4.69, 9.17) is 54.7 Å². The van der Waals surface area contributed by atoms with Crippen LogP contribution in [0.15, 0.2) is 0 Å². The van der Waals surface area contributed by atoms with E-state index in [0.717, 1.165) is 0 Å². The zero-order valence-electron chi connectivity index (χ0n) is 21.1. The van der Waals surface area contributed by atoms with Crippen LogP contribution < -0.4 is 0 Å². The molecule has 14 N–H and O–H groups in total. The number of ether oxygens (including phenoxy) is 4. The zero-order chi connectivity index (χ0) is 30.0. The zero-order valence-corrected chi connectivity index (χ0v) is 21.1. The summed E-state index contributed by atoms with van der Waals surface area (Å²) in [6, 6.07) is 0. The predicted octanol–water partition coefficient (Wildman–Crippen LogP) is -8.58. The van der Waals surface area contributed by atoms with Gasteiger partial charge in [-0.1, -0.05) is 0 Å². The SMILES string of the molecule is CC(O)CO.OCC1OC(OC[C@H]2O[C@H](O)[C@H](O)[C@@H](O)C2O)[C@H](O)[C@@H](O)[C@H]1O.OCC1O[C@H](CO)[C@@H](O)[C@@H]1O. The summed E-state index contributed by atoms with van der Waals surface area (Å²) in [5.41, 5.74) is 0. The molecule has 39 heavy (non-hydrogen) atoms. The molecule has 0 aromatic rings. The maximum Gasteiger partial charge on any atom is 0.186 e. The molecule has 0 radical (unpaired) electrons. The summed E-state index contributed by atoms with van der Waals surface area (Å²) in [4.78, 5) is 0. The van der Waals surface area contributed by atoms with E-state index in [-0.39, 0.29) is 19.8 Å². The molecule has 0 aliphatic carbocycles. The Bertz CT molecular complexity index is 638. The van der Waals surface area contributed by atoms with E-state index < -0.39 is 105 Å². The number of rotatable bonds is 7. The monoisotopic (exact) mass is 582 g/mol. The lowest BCUT2D eigenvalue weighted by Gasteiger charge is -2.41. The number of aliphatic hydroxyl groups is 14. The average molecular weight is 583 g/mol. The van der Waals surface area contributed by atoms with Crippen molar-refractivity contribution in [2.24, 2.45) is 0 Å². The van der Waals surface area contributed by atoms with Crippen LogP contribution >= 0.6 is 0 Å². The molecule has 0 aromatic carbocycles. The van der Waals surface area contributed by atoms with Gasteiger partial charge in [0.2, 0.25) is 0 Å². The van der Waals surface area contributed by atoms with Crippen LogP contribution in [-0.4, -0.2) is 196 Å². The van der Waals surface area contributed by atoms with Crippen LogP contribution in [0.4, 0.5) is 0 Å². The quantitative estimate of drug-likeness (QED) is 0.132. The Labute approximate surface area is 223 Å². The Kier molecular flexibility index (Phi) is 16.1. The number of hydrogen-bond acceptors (Lipinski definition) is 18. The van der Waals surface area contributed by atoms with Crippen molar-refractivity contribution in [3.8, 4) is 0 Å². The molecule has 0 bridgehead atoms. The topological polar surface area (TPSA) is 320 Å². The molecular formula is C21H42O18. The smallest absolute Gasteiger partial charge is 0.186 e. The van der Waals surface area contributed by atoms with Gasteiger partial charge in [-0.25, -0.2) is 0 Å². The van der Waals surface area contributed by atoms with Crippen LogP contribution in [0.25, 0.3) is 0 Å². The summed E-state index contributed by atoms with van der Waals surface area (Å²) >= 11 is 0. The van der Waals surface area contributed by atoms with Gasteiger partial charge in [0.05, 0.1) is 39.1 Å². The minimum atomic E-state index is -1.74. The van der Waals surface area contributed by atoms with E-state index in [2.05, 4.69) is 0 Å². The lowest BCUT2D eigenvalue weighted by atomic mass is 9.98. The molecule has 3 saturated heterocycles. The van der Waals surface area contributed by atoms with Gasteiger partial charge in [-0.15, -0.1) is 0 Å². The molecule has 18 heteroatoms. The average Bonchev–Trinajstić information content (AvgIpc) is 3.21. The van der Waals surface area contributed by atoms with Crippen molar-refractivity contribution >= 4 is 0 Å². The van der Waals surface area contributed by atoms with Crippen molar-refractivity contribution in [2.45, 2.75) is 98.9 Å². The van der Waals surface area contributed by atoms with E-state index in [1.807, 2.05) is 0 Å². The molecule has 15 atom stereocenters. The highest BCUT2D eigenvalue weighted by Gasteiger charge is 2.47. The van der Waals surface area contributed by atoms with Gasteiger partial charge in [0.1, 0.15) is 73.2 Å². The van der Waals surface area contributed by atoms with Crippen LogP contribution in [0.1, 0.15) is 6.92 Å². The molecule has 3 rings (SSSR count). The Morgan fingerprint density at radius 3 is 1.33 bits per heavy atom. The molecule has 3 aliphatic rings. The third-order valence-corrected chi connectivity index (χ3v) is 6.05. The van der Waals surface area contributed by atoms with Gasteiger partial charge < -0.3 is 90.4 Å². The Hall–Kier alpha value is -0.720. The first-order valence-electron chi connectivity index (χ1n) is 12.1.